The Hall–Kier alpha value is -8.30. The molecule has 20 nitrogen and oxygen atoms in total. The molecule has 20 heteroatoms. The second kappa shape index (κ2) is 36.2. The Morgan fingerprint density at radius 2 is 0.518 bits per heavy atom. The van der Waals surface area contributed by atoms with Gasteiger partial charge in [-0.15, -0.1) is 0 Å². The lowest BCUT2D eigenvalue weighted by atomic mass is 10.00. The third-order valence-electron chi connectivity index (χ3n) is 14.0. The summed E-state index contributed by atoms with van der Waals surface area (Å²) >= 11 is 0. The summed E-state index contributed by atoms with van der Waals surface area (Å²) in [6.07, 6.45) is 3.54. The van der Waals surface area contributed by atoms with Crippen LogP contribution in [0.2, 0.25) is 0 Å². The zero-order valence-corrected chi connectivity index (χ0v) is 47.1. The molecule has 8 atom stereocenters. The number of amides is 7. The minimum absolute atomic E-state index is 0.00652. The molecular weight excluding hydrogens is 1050 g/mol. The van der Waals surface area contributed by atoms with Crippen molar-refractivity contribution in [2.75, 3.05) is 19.6 Å². The van der Waals surface area contributed by atoms with Crippen molar-refractivity contribution >= 4 is 47.3 Å². The van der Waals surface area contributed by atoms with Crippen molar-refractivity contribution in [3.8, 4) is 0 Å². The van der Waals surface area contributed by atoms with Crippen LogP contribution in [0.4, 0.5) is 0 Å². The number of aliphatic carboxylic acids is 1. The Kier molecular flexibility index (Phi) is 28.6. The normalized spacial score (nSPS) is 13.9. The first-order chi connectivity index (χ1) is 40.2. The average molecular weight is 1140 g/mol. The number of rotatable bonds is 37. The lowest BCUT2D eigenvalue weighted by Crippen LogP contribution is -2.61. The standard InChI is InChI=1S/C63H83N11O9/c64-35-19-16-32-48(67)56(75)70-51(38-43-22-6-1-7-23-43)61(80)72-52(39-44-24-8-2-9-25-44)59(78)68-49(33-17-20-36-65)57(76)71-54(41-46-28-12-4-13-29-46)62(81)73-53(40-45-26-10-3-11-27-45)60(79)69-50(34-18-21-37-66)58(77)74-55(63(82)83)42-47-30-14-5-15-31-47/h1-15,22-31,48-55H,16-21,32-42,64-67H2,(H,68,78)(H,69,79)(H,70,75)(H,71,76)(H,72,80)(H,73,81)(H,74,77)(H,82,83)/t48-,49-,50-,51-,52-,53-,54-,55-/m0/s1. The third kappa shape index (κ3) is 23.6. The predicted molar refractivity (Wildman–Crippen MR) is 319 cm³/mol. The van der Waals surface area contributed by atoms with Crippen molar-refractivity contribution < 1.29 is 43.5 Å². The van der Waals surface area contributed by atoms with Crippen LogP contribution in [0.15, 0.2) is 152 Å². The fourth-order valence-corrected chi connectivity index (χ4v) is 9.36. The first kappa shape index (κ1) is 65.5. The minimum Gasteiger partial charge on any atom is -0.480 e. The fraction of sp³-hybridized carbons (Fsp3) is 0.397. The van der Waals surface area contributed by atoms with Crippen LogP contribution in [0, 0.1) is 0 Å². The van der Waals surface area contributed by atoms with Gasteiger partial charge in [0.15, 0.2) is 0 Å². The molecule has 0 aliphatic carbocycles. The van der Waals surface area contributed by atoms with Gasteiger partial charge >= 0.3 is 5.97 Å². The molecular formula is C63H83N11O9. The van der Waals surface area contributed by atoms with Crippen molar-refractivity contribution in [1.82, 2.24) is 37.2 Å². The Labute approximate surface area is 486 Å². The van der Waals surface area contributed by atoms with E-state index in [4.69, 9.17) is 22.9 Å². The van der Waals surface area contributed by atoms with Crippen molar-refractivity contribution in [1.29, 1.82) is 0 Å². The van der Waals surface area contributed by atoms with Crippen LogP contribution in [0.1, 0.15) is 85.6 Å². The van der Waals surface area contributed by atoms with Gasteiger partial charge in [0.25, 0.3) is 0 Å². The molecule has 0 saturated carbocycles. The van der Waals surface area contributed by atoms with Crippen molar-refractivity contribution in [2.24, 2.45) is 22.9 Å². The molecule has 0 aliphatic heterocycles. The summed E-state index contributed by atoms with van der Waals surface area (Å²) in [6, 6.07) is 34.7. The number of carbonyl (C=O) groups is 8. The van der Waals surface area contributed by atoms with E-state index in [2.05, 4.69) is 37.2 Å². The smallest absolute Gasteiger partial charge is 0.326 e. The molecule has 5 aromatic carbocycles. The van der Waals surface area contributed by atoms with E-state index in [1.165, 1.54) is 0 Å². The van der Waals surface area contributed by atoms with Gasteiger partial charge in [-0.2, -0.15) is 0 Å². The lowest BCUT2D eigenvalue weighted by Gasteiger charge is -2.28. The number of unbranched alkanes of at least 4 members (excludes halogenated alkanes) is 3. The maximum absolute atomic E-state index is 14.9. The number of hydrogen-bond donors (Lipinski definition) is 12. The van der Waals surface area contributed by atoms with E-state index in [1.807, 2.05) is 24.3 Å². The number of nitrogens with two attached hydrogens (primary N) is 4. The molecule has 0 saturated heterocycles. The molecule has 0 radical (unpaired) electrons. The number of carboxylic acids is 1. The SMILES string of the molecule is NCCCC[C@H](NC(=O)[C@H](Cc1ccccc1)NC(=O)[C@H](Cc1ccccc1)NC(=O)[C@H](CCCCN)NC(=O)[C@H](Cc1ccccc1)NC(=O)[C@H](Cc1ccccc1)NC(=O)[C@@H](N)CCCCN)C(=O)N[C@@H](Cc1ccccc1)C(=O)O. The molecule has 0 spiro atoms. The van der Waals surface area contributed by atoms with Crippen LogP contribution in [0.25, 0.3) is 0 Å². The Morgan fingerprint density at radius 3 is 0.783 bits per heavy atom. The molecule has 7 amide bonds. The first-order valence-corrected chi connectivity index (χ1v) is 28.6. The molecule has 83 heavy (non-hydrogen) atoms. The third-order valence-corrected chi connectivity index (χ3v) is 14.0. The maximum Gasteiger partial charge on any atom is 0.326 e. The highest BCUT2D eigenvalue weighted by Gasteiger charge is 2.35. The number of carboxylic acid groups (broad SMARTS) is 1. The first-order valence-electron chi connectivity index (χ1n) is 28.6. The van der Waals surface area contributed by atoms with Crippen LogP contribution in [-0.4, -0.2) is 120 Å². The highest BCUT2D eigenvalue weighted by Crippen LogP contribution is 2.14. The largest absolute Gasteiger partial charge is 0.480 e. The molecule has 0 fully saturated rings. The summed E-state index contributed by atoms with van der Waals surface area (Å²) in [5, 5.41) is 29.8. The second-order valence-electron chi connectivity index (χ2n) is 20.7. The monoisotopic (exact) mass is 1140 g/mol. The van der Waals surface area contributed by atoms with Crippen molar-refractivity contribution in [3.63, 3.8) is 0 Å². The van der Waals surface area contributed by atoms with Crippen LogP contribution < -0.4 is 60.2 Å². The summed E-state index contributed by atoms with van der Waals surface area (Å²) in [6.45, 7) is 1.03. The molecule has 0 unspecified atom stereocenters. The van der Waals surface area contributed by atoms with E-state index in [1.54, 1.807) is 127 Å². The van der Waals surface area contributed by atoms with Crippen molar-refractivity contribution in [2.45, 2.75) is 138 Å². The van der Waals surface area contributed by atoms with E-state index in [0.717, 1.165) is 5.56 Å². The van der Waals surface area contributed by atoms with Gasteiger partial charge in [-0.05, 0) is 98.8 Å². The van der Waals surface area contributed by atoms with E-state index in [0.29, 0.717) is 80.3 Å². The molecule has 5 rings (SSSR count). The molecule has 5 aromatic rings. The van der Waals surface area contributed by atoms with E-state index in [9.17, 15) is 43.5 Å². The van der Waals surface area contributed by atoms with Gasteiger partial charge in [0.2, 0.25) is 41.4 Å². The van der Waals surface area contributed by atoms with Crippen LogP contribution >= 0.6 is 0 Å². The Balaban J connectivity index is 1.43. The number of benzene rings is 5. The van der Waals surface area contributed by atoms with Crippen molar-refractivity contribution in [3.05, 3.63) is 179 Å². The van der Waals surface area contributed by atoms with Gasteiger partial charge in [-0.3, -0.25) is 33.6 Å². The van der Waals surface area contributed by atoms with Gasteiger partial charge in [-0.1, -0.05) is 158 Å². The number of hydrogen-bond acceptors (Lipinski definition) is 12. The van der Waals surface area contributed by atoms with E-state index in [-0.39, 0.29) is 51.5 Å². The second-order valence-corrected chi connectivity index (χ2v) is 20.7. The number of carbonyl (C=O) groups excluding carboxylic acids is 7. The summed E-state index contributed by atoms with van der Waals surface area (Å²) in [5.74, 6) is -6.18. The minimum atomic E-state index is -1.34. The Bertz CT molecular complexity index is 2780. The highest BCUT2D eigenvalue weighted by atomic mass is 16.4. The van der Waals surface area contributed by atoms with Gasteiger partial charge in [-0.25, -0.2) is 4.79 Å². The number of nitrogens with one attached hydrogen (secondary N) is 7. The van der Waals surface area contributed by atoms with Gasteiger partial charge in [0, 0.05) is 32.1 Å². The molecule has 444 valence electrons. The quantitative estimate of drug-likeness (QED) is 0.0255. The molecule has 0 heterocycles. The summed E-state index contributed by atoms with van der Waals surface area (Å²) in [7, 11) is 0. The van der Waals surface area contributed by atoms with E-state index < -0.39 is 95.7 Å². The van der Waals surface area contributed by atoms with E-state index >= 15 is 0 Å². The van der Waals surface area contributed by atoms with Gasteiger partial charge in [0.1, 0.15) is 42.3 Å². The van der Waals surface area contributed by atoms with Gasteiger partial charge < -0.3 is 65.3 Å². The van der Waals surface area contributed by atoms with Crippen LogP contribution in [-0.2, 0) is 70.5 Å². The maximum atomic E-state index is 14.9. The zero-order chi connectivity index (χ0) is 59.8. The molecule has 0 aromatic heterocycles. The predicted octanol–water partition coefficient (Wildman–Crippen LogP) is 2.39. The summed E-state index contributed by atoms with van der Waals surface area (Å²) < 4.78 is 0. The zero-order valence-electron chi connectivity index (χ0n) is 47.1. The fourth-order valence-electron chi connectivity index (χ4n) is 9.36. The molecule has 16 N–H and O–H groups in total. The lowest BCUT2D eigenvalue weighted by molar-refractivity contribution is -0.142. The highest BCUT2D eigenvalue weighted by molar-refractivity contribution is 5.98. The van der Waals surface area contributed by atoms with Crippen LogP contribution in [0.3, 0.4) is 0 Å². The average Bonchev–Trinajstić information content (AvgIpc) is 3.50. The summed E-state index contributed by atoms with van der Waals surface area (Å²) in [4.78, 5) is 113. The van der Waals surface area contributed by atoms with Gasteiger partial charge in [0.05, 0.1) is 6.04 Å². The molecule has 0 bridgehead atoms. The summed E-state index contributed by atoms with van der Waals surface area (Å²) in [5.41, 5.74) is 27.0. The molecule has 0 aliphatic rings. The Morgan fingerprint density at radius 1 is 0.301 bits per heavy atom. The topological polar surface area (TPSA) is 345 Å². The van der Waals surface area contributed by atoms with Crippen LogP contribution in [0.5, 0.6) is 0 Å².